The maximum absolute atomic E-state index is 11.5. The SMILES string of the molecule is COCCNC(=O)NC(=O)CSc1nnc(SCC(N)=O)s1. The molecule has 9 nitrogen and oxygen atoms in total. The molecule has 0 saturated carbocycles. The normalized spacial score (nSPS) is 10.2. The molecule has 0 spiro atoms. The van der Waals surface area contributed by atoms with E-state index in [4.69, 9.17) is 10.5 Å². The minimum Gasteiger partial charge on any atom is -0.383 e. The van der Waals surface area contributed by atoms with Crippen molar-refractivity contribution in [2.24, 2.45) is 5.73 Å². The number of hydrogen-bond donors (Lipinski definition) is 3. The number of nitrogens with two attached hydrogens (primary N) is 1. The zero-order chi connectivity index (χ0) is 16.4. The summed E-state index contributed by atoms with van der Waals surface area (Å²) in [7, 11) is 1.51. The Balaban J connectivity index is 2.26. The van der Waals surface area contributed by atoms with Gasteiger partial charge in [0.25, 0.3) is 0 Å². The van der Waals surface area contributed by atoms with E-state index in [0.29, 0.717) is 21.8 Å². The van der Waals surface area contributed by atoms with Gasteiger partial charge in [-0.1, -0.05) is 34.9 Å². The molecule has 4 N–H and O–H groups in total. The van der Waals surface area contributed by atoms with Gasteiger partial charge in [-0.05, 0) is 0 Å². The van der Waals surface area contributed by atoms with Gasteiger partial charge in [0.2, 0.25) is 11.8 Å². The van der Waals surface area contributed by atoms with E-state index < -0.39 is 17.8 Å². The summed E-state index contributed by atoms with van der Waals surface area (Å²) in [5.74, 6) is -0.719. The third-order valence-corrected chi connectivity index (χ3v) is 5.11. The van der Waals surface area contributed by atoms with Crippen LogP contribution in [0, 0.1) is 0 Å². The molecule has 1 aromatic rings. The highest BCUT2D eigenvalue weighted by atomic mass is 32.2. The Morgan fingerprint density at radius 3 is 2.45 bits per heavy atom. The highest BCUT2D eigenvalue weighted by Gasteiger charge is 2.11. The largest absolute Gasteiger partial charge is 0.383 e. The van der Waals surface area contributed by atoms with Crippen LogP contribution in [0.5, 0.6) is 0 Å². The van der Waals surface area contributed by atoms with E-state index in [2.05, 4.69) is 20.8 Å². The van der Waals surface area contributed by atoms with Crippen molar-refractivity contribution in [1.82, 2.24) is 20.8 Å². The van der Waals surface area contributed by atoms with Gasteiger partial charge in [0, 0.05) is 13.7 Å². The van der Waals surface area contributed by atoms with Gasteiger partial charge in [-0.15, -0.1) is 10.2 Å². The number of imide groups is 1. The molecule has 0 bridgehead atoms. The first kappa shape index (κ1) is 18.7. The molecule has 0 aliphatic carbocycles. The number of amides is 4. The number of nitrogens with one attached hydrogen (secondary N) is 2. The second-order valence-electron chi connectivity index (χ2n) is 3.67. The van der Waals surface area contributed by atoms with E-state index in [1.807, 2.05) is 0 Å². The predicted octanol–water partition coefficient (Wildman–Crippen LogP) is -0.320. The van der Waals surface area contributed by atoms with Crippen LogP contribution in [0.1, 0.15) is 0 Å². The van der Waals surface area contributed by atoms with E-state index in [1.54, 1.807) is 0 Å². The second-order valence-corrected chi connectivity index (χ2v) is 7.10. The van der Waals surface area contributed by atoms with Gasteiger partial charge in [-0.2, -0.15) is 0 Å². The summed E-state index contributed by atoms with van der Waals surface area (Å²) in [5, 5.41) is 12.4. The average Bonchev–Trinajstić information content (AvgIpc) is 2.91. The Morgan fingerprint density at radius 2 is 1.86 bits per heavy atom. The number of nitrogens with zero attached hydrogens (tertiary/aromatic N) is 2. The molecule has 0 aromatic carbocycles. The molecule has 4 amide bonds. The van der Waals surface area contributed by atoms with Crippen LogP contribution in [0.15, 0.2) is 8.68 Å². The van der Waals surface area contributed by atoms with Crippen LogP contribution >= 0.6 is 34.9 Å². The van der Waals surface area contributed by atoms with E-state index in [0.717, 1.165) is 11.8 Å². The lowest BCUT2D eigenvalue weighted by molar-refractivity contribution is -0.117. The monoisotopic (exact) mass is 365 g/mol. The zero-order valence-corrected chi connectivity index (χ0v) is 14.1. The Kier molecular flexibility index (Phi) is 8.81. The fourth-order valence-corrected chi connectivity index (χ4v) is 3.61. The van der Waals surface area contributed by atoms with Gasteiger partial charge in [0.1, 0.15) is 0 Å². The number of primary amides is 1. The van der Waals surface area contributed by atoms with E-state index in [-0.39, 0.29) is 11.5 Å². The molecule has 0 atom stereocenters. The molecule has 0 unspecified atom stereocenters. The molecule has 0 radical (unpaired) electrons. The molecule has 1 heterocycles. The summed E-state index contributed by atoms with van der Waals surface area (Å²) < 4.78 is 5.93. The van der Waals surface area contributed by atoms with E-state index in [9.17, 15) is 14.4 Å². The number of carbonyl (C=O) groups excluding carboxylic acids is 3. The number of hydrogen-bond acceptors (Lipinski definition) is 9. The van der Waals surface area contributed by atoms with Gasteiger partial charge in [0.05, 0.1) is 18.1 Å². The Bertz CT molecular complexity index is 524. The summed E-state index contributed by atoms with van der Waals surface area (Å²) in [6.07, 6.45) is 0. The second kappa shape index (κ2) is 10.4. The van der Waals surface area contributed by atoms with Crippen molar-refractivity contribution in [3.05, 3.63) is 0 Å². The predicted molar refractivity (Wildman–Crippen MR) is 84.0 cm³/mol. The number of aromatic nitrogens is 2. The first-order valence-electron chi connectivity index (χ1n) is 5.95. The number of carbonyl (C=O) groups is 3. The van der Waals surface area contributed by atoms with Gasteiger partial charge in [0.15, 0.2) is 8.68 Å². The fourth-order valence-electron chi connectivity index (χ4n) is 1.05. The number of methoxy groups -OCH3 is 1. The van der Waals surface area contributed by atoms with Crippen LogP contribution in [0.25, 0.3) is 0 Å². The summed E-state index contributed by atoms with van der Waals surface area (Å²) in [4.78, 5) is 33.5. The van der Waals surface area contributed by atoms with Crippen molar-refractivity contribution in [1.29, 1.82) is 0 Å². The van der Waals surface area contributed by atoms with Crippen molar-refractivity contribution in [3.63, 3.8) is 0 Å². The van der Waals surface area contributed by atoms with Gasteiger partial charge < -0.3 is 15.8 Å². The number of thioether (sulfide) groups is 2. The Labute approximate surface area is 139 Å². The number of ether oxygens (including phenoxy) is 1. The molecule has 0 aliphatic rings. The number of urea groups is 1. The molecule has 22 heavy (non-hydrogen) atoms. The maximum atomic E-state index is 11.5. The highest BCUT2D eigenvalue weighted by molar-refractivity contribution is 8.03. The summed E-state index contributed by atoms with van der Waals surface area (Å²) in [6, 6.07) is -0.572. The lowest BCUT2D eigenvalue weighted by Gasteiger charge is -2.05. The van der Waals surface area contributed by atoms with Crippen LogP contribution < -0.4 is 16.4 Å². The Hall–Kier alpha value is -1.37. The van der Waals surface area contributed by atoms with Crippen molar-refractivity contribution in [2.75, 3.05) is 31.8 Å². The molecular formula is C10H15N5O4S3. The topological polar surface area (TPSA) is 136 Å². The van der Waals surface area contributed by atoms with Crippen molar-refractivity contribution in [3.8, 4) is 0 Å². The van der Waals surface area contributed by atoms with Crippen LogP contribution in [-0.4, -0.2) is 59.8 Å². The van der Waals surface area contributed by atoms with Crippen molar-refractivity contribution >= 4 is 52.7 Å². The molecule has 1 aromatic heterocycles. The maximum Gasteiger partial charge on any atom is 0.321 e. The summed E-state index contributed by atoms with van der Waals surface area (Å²) in [5.41, 5.74) is 5.03. The third-order valence-electron chi connectivity index (χ3n) is 1.90. The first-order valence-corrected chi connectivity index (χ1v) is 8.74. The Morgan fingerprint density at radius 1 is 1.23 bits per heavy atom. The molecule has 0 aliphatic heterocycles. The van der Waals surface area contributed by atoms with Crippen molar-refractivity contribution < 1.29 is 19.1 Å². The lowest BCUT2D eigenvalue weighted by atomic mass is 10.6. The summed E-state index contributed by atoms with van der Waals surface area (Å²) in [6.45, 7) is 0.687. The molecular weight excluding hydrogens is 350 g/mol. The van der Waals surface area contributed by atoms with Crippen molar-refractivity contribution in [2.45, 2.75) is 8.68 Å². The fraction of sp³-hybridized carbons (Fsp3) is 0.500. The van der Waals surface area contributed by atoms with Crippen LogP contribution in [-0.2, 0) is 14.3 Å². The van der Waals surface area contributed by atoms with Crippen LogP contribution in [0.4, 0.5) is 4.79 Å². The standard InChI is InChI=1S/C10H15N5O4S3/c1-19-3-2-12-8(18)13-7(17)5-21-10-15-14-9(22-10)20-4-6(11)16/h2-5H2,1H3,(H2,11,16)(H2,12,13,17,18). The minimum atomic E-state index is -0.572. The van der Waals surface area contributed by atoms with Gasteiger partial charge >= 0.3 is 6.03 Å². The smallest absolute Gasteiger partial charge is 0.321 e. The molecule has 12 heteroatoms. The first-order chi connectivity index (χ1) is 10.5. The van der Waals surface area contributed by atoms with E-state index in [1.165, 1.54) is 30.2 Å². The third kappa shape index (κ3) is 8.17. The lowest BCUT2D eigenvalue weighted by Crippen LogP contribution is -2.41. The van der Waals surface area contributed by atoms with Crippen LogP contribution in [0.2, 0.25) is 0 Å². The van der Waals surface area contributed by atoms with Crippen LogP contribution in [0.3, 0.4) is 0 Å². The number of rotatable bonds is 9. The average molecular weight is 365 g/mol. The highest BCUT2D eigenvalue weighted by Crippen LogP contribution is 2.28. The summed E-state index contributed by atoms with van der Waals surface area (Å²) >= 11 is 3.59. The zero-order valence-electron chi connectivity index (χ0n) is 11.7. The quantitative estimate of drug-likeness (QED) is 0.400. The molecule has 122 valence electrons. The molecule has 0 saturated heterocycles. The molecule has 0 fully saturated rings. The minimum absolute atomic E-state index is 0.0345. The van der Waals surface area contributed by atoms with E-state index >= 15 is 0 Å². The van der Waals surface area contributed by atoms with Gasteiger partial charge in [-0.3, -0.25) is 14.9 Å². The van der Waals surface area contributed by atoms with Gasteiger partial charge in [-0.25, -0.2) is 4.79 Å². The molecule has 1 rings (SSSR count).